The number of carboxylic acids is 1. The molecule has 1 aromatic heterocycles. The molecule has 1 atom stereocenters. The Balaban J connectivity index is 1.86. The highest BCUT2D eigenvalue weighted by molar-refractivity contribution is 7.13. The van der Waals surface area contributed by atoms with Crippen LogP contribution in [0, 0.1) is 12.8 Å². The molecule has 1 saturated carbocycles. The molecule has 0 spiro atoms. The Morgan fingerprint density at radius 3 is 2.70 bits per heavy atom. The quantitative estimate of drug-likeness (QED) is 0.846. The Morgan fingerprint density at radius 1 is 1.50 bits per heavy atom. The van der Waals surface area contributed by atoms with Gasteiger partial charge in [-0.25, -0.2) is 9.78 Å². The lowest BCUT2D eigenvalue weighted by atomic mass is 9.82. The first kappa shape index (κ1) is 15.0. The molecule has 1 aromatic rings. The van der Waals surface area contributed by atoms with Crippen LogP contribution in [0.15, 0.2) is 0 Å². The molecule has 1 amide bonds. The zero-order chi connectivity index (χ0) is 14.7. The fourth-order valence-electron chi connectivity index (χ4n) is 2.29. The molecule has 1 unspecified atom stereocenters. The van der Waals surface area contributed by atoms with Gasteiger partial charge < -0.3 is 10.4 Å². The van der Waals surface area contributed by atoms with Crippen LogP contribution in [0.4, 0.5) is 0 Å². The van der Waals surface area contributed by atoms with Crippen molar-refractivity contribution in [3.8, 4) is 0 Å². The maximum Gasteiger partial charge on any atom is 0.347 e. The van der Waals surface area contributed by atoms with Crippen LogP contribution in [0.25, 0.3) is 0 Å². The number of hydrogen-bond donors (Lipinski definition) is 2. The molecule has 1 aliphatic carbocycles. The van der Waals surface area contributed by atoms with E-state index in [1.54, 1.807) is 6.92 Å². The van der Waals surface area contributed by atoms with E-state index in [0.29, 0.717) is 17.1 Å². The summed E-state index contributed by atoms with van der Waals surface area (Å²) in [6, 6.07) is -0.235. The number of carbonyl (C=O) groups is 2. The summed E-state index contributed by atoms with van der Waals surface area (Å²) in [5.74, 6) is -0.222. The van der Waals surface area contributed by atoms with Gasteiger partial charge in [-0.1, -0.05) is 19.3 Å². The minimum Gasteiger partial charge on any atom is -0.477 e. The van der Waals surface area contributed by atoms with Gasteiger partial charge in [0.25, 0.3) is 0 Å². The first-order chi connectivity index (χ1) is 9.47. The number of carbonyl (C=O) groups excluding carboxylic acids is 1. The maximum absolute atomic E-state index is 11.8. The maximum atomic E-state index is 11.8. The normalized spacial score (nSPS) is 16.5. The molecular formula is C14H20N2O3S. The molecule has 0 aromatic carbocycles. The molecule has 0 bridgehead atoms. The number of hydrogen-bond acceptors (Lipinski definition) is 4. The zero-order valence-electron chi connectivity index (χ0n) is 11.8. The minimum absolute atomic E-state index is 0.0223. The summed E-state index contributed by atoms with van der Waals surface area (Å²) in [5.41, 5.74) is 0.507. The van der Waals surface area contributed by atoms with Crippen molar-refractivity contribution in [3.05, 3.63) is 15.6 Å². The first-order valence-electron chi connectivity index (χ1n) is 6.97. The predicted molar refractivity (Wildman–Crippen MR) is 76.9 cm³/mol. The van der Waals surface area contributed by atoms with Crippen LogP contribution in [-0.4, -0.2) is 22.0 Å². The van der Waals surface area contributed by atoms with Crippen molar-refractivity contribution in [1.82, 2.24) is 10.3 Å². The lowest BCUT2D eigenvalue weighted by molar-refractivity contribution is -0.122. The van der Waals surface area contributed by atoms with Crippen LogP contribution < -0.4 is 5.32 Å². The van der Waals surface area contributed by atoms with Gasteiger partial charge in [0.1, 0.15) is 9.88 Å². The van der Waals surface area contributed by atoms with Crippen molar-refractivity contribution >= 4 is 23.2 Å². The SMILES string of the molecule is Cc1nc(C(C)NC(=O)CCC2CCC2)sc1C(=O)O. The van der Waals surface area contributed by atoms with Gasteiger partial charge in [-0.2, -0.15) is 0 Å². The smallest absolute Gasteiger partial charge is 0.347 e. The van der Waals surface area contributed by atoms with E-state index in [4.69, 9.17) is 5.11 Å². The Hall–Kier alpha value is -1.43. The van der Waals surface area contributed by atoms with Gasteiger partial charge in [-0.05, 0) is 26.2 Å². The van der Waals surface area contributed by atoms with Crippen molar-refractivity contribution in [1.29, 1.82) is 0 Å². The van der Waals surface area contributed by atoms with Gasteiger partial charge in [-0.3, -0.25) is 4.79 Å². The fraction of sp³-hybridized carbons (Fsp3) is 0.643. The van der Waals surface area contributed by atoms with Crippen LogP contribution in [0.3, 0.4) is 0 Å². The van der Waals surface area contributed by atoms with Crippen molar-refractivity contribution in [2.24, 2.45) is 5.92 Å². The Kier molecular flexibility index (Phi) is 4.75. The number of nitrogens with one attached hydrogen (secondary N) is 1. The summed E-state index contributed by atoms with van der Waals surface area (Å²) in [4.78, 5) is 27.3. The van der Waals surface area contributed by atoms with E-state index in [1.165, 1.54) is 19.3 Å². The van der Waals surface area contributed by atoms with Crippen molar-refractivity contribution in [2.45, 2.75) is 52.0 Å². The Labute approximate surface area is 122 Å². The molecule has 0 aliphatic heterocycles. The van der Waals surface area contributed by atoms with E-state index >= 15 is 0 Å². The van der Waals surface area contributed by atoms with Gasteiger partial charge in [-0.15, -0.1) is 11.3 Å². The van der Waals surface area contributed by atoms with Crippen LogP contribution >= 0.6 is 11.3 Å². The number of amides is 1. The average Bonchev–Trinajstić information content (AvgIpc) is 2.69. The number of carboxylic acid groups (broad SMARTS) is 1. The molecule has 1 aliphatic rings. The first-order valence-corrected chi connectivity index (χ1v) is 7.79. The van der Waals surface area contributed by atoms with Crippen LogP contribution in [0.5, 0.6) is 0 Å². The van der Waals surface area contributed by atoms with E-state index < -0.39 is 5.97 Å². The van der Waals surface area contributed by atoms with Gasteiger partial charge in [0.2, 0.25) is 5.91 Å². The predicted octanol–water partition coefficient (Wildman–Crippen LogP) is 2.91. The number of rotatable bonds is 6. The van der Waals surface area contributed by atoms with Crippen LogP contribution in [0.2, 0.25) is 0 Å². The topological polar surface area (TPSA) is 79.3 Å². The highest BCUT2D eigenvalue weighted by atomic mass is 32.1. The van der Waals surface area contributed by atoms with Crippen LogP contribution in [-0.2, 0) is 4.79 Å². The summed E-state index contributed by atoms with van der Waals surface area (Å²) in [5, 5.41) is 12.5. The molecule has 6 heteroatoms. The third-order valence-corrected chi connectivity index (χ3v) is 5.09. The van der Waals surface area contributed by atoms with Crippen molar-refractivity contribution in [2.75, 3.05) is 0 Å². The molecule has 5 nitrogen and oxygen atoms in total. The number of aryl methyl sites for hydroxylation is 1. The molecule has 20 heavy (non-hydrogen) atoms. The third kappa shape index (κ3) is 3.56. The second-order valence-corrected chi connectivity index (χ2v) is 6.43. The standard InChI is InChI=1S/C14H20N2O3S/c1-8-12(14(18)19)20-13(16-8)9(2)15-11(17)7-6-10-4-3-5-10/h9-10H,3-7H2,1-2H3,(H,15,17)(H,18,19). The van der Waals surface area contributed by atoms with E-state index in [-0.39, 0.29) is 16.8 Å². The minimum atomic E-state index is -0.963. The summed E-state index contributed by atoms with van der Waals surface area (Å²) < 4.78 is 0. The summed E-state index contributed by atoms with van der Waals surface area (Å²) >= 11 is 1.13. The largest absolute Gasteiger partial charge is 0.477 e. The molecular weight excluding hydrogens is 276 g/mol. The van der Waals surface area contributed by atoms with E-state index in [9.17, 15) is 9.59 Å². The van der Waals surface area contributed by atoms with Gasteiger partial charge in [0.15, 0.2) is 0 Å². The van der Waals surface area contributed by atoms with Gasteiger partial charge in [0.05, 0.1) is 11.7 Å². The van der Waals surface area contributed by atoms with E-state index in [1.807, 2.05) is 6.92 Å². The second kappa shape index (κ2) is 6.35. The highest BCUT2D eigenvalue weighted by Gasteiger charge is 2.21. The molecule has 1 heterocycles. The number of nitrogens with zero attached hydrogens (tertiary/aromatic N) is 1. The lowest BCUT2D eigenvalue weighted by Gasteiger charge is -2.25. The summed E-state index contributed by atoms with van der Waals surface area (Å²) in [6.07, 6.45) is 5.28. The Morgan fingerprint density at radius 2 is 2.20 bits per heavy atom. The molecule has 0 saturated heterocycles. The molecule has 2 rings (SSSR count). The lowest BCUT2D eigenvalue weighted by Crippen LogP contribution is -2.27. The highest BCUT2D eigenvalue weighted by Crippen LogP contribution is 2.30. The second-order valence-electron chi connectivity index (χ2n) is 5.40. The van der Waals surface area contributed by atoms with Crippen molar-refractivity contribution < 1.29 is 14.7 Å². The van der Waals surface area contributed by atoms with Gasteiger partial charge in [0, 0.05) is 6.42 Å². The molecule has 110 valence electrons. The number of aromatic carboxylic acids is 1. The summed E-state index contributed by atoms with van der Waals surface area (Å²) in [6.45, 7) is 3.51. The molecule has 0 radical (unpaired) electrons. The van der Waals surface area contributed by atoms with Crippen LogP contribution in [0.1, 0.15) is 65.4 Å². The zero-order valence-corrected chi connectivity index (χ0v) is 12.6. The van der Waals surface area contributed by atoms with E-state index in [2.05, 4.69) is 10.3 Å². The van der Waals surface area contributed by atoms with E-state index in [0.717, 1.165) is 23.7 Å². The molecule has 1 fully saturated rings. The van der Waals surface area contributed by atoms with Gasteiger partial charge >= 0.3 is 5.97 Å². The fourth-order valence-corrected chi connectivity index (χ4v) is 3.20. The average molecular weight is 296 g/mol. The number of aromatic nitrogens is 1. The van der Waals surface area contributed by atoms with Crippen molar-refractivity contribution in [3.63, 3.8) is 0 Å². The number of thiazole rings is 1. The summed E-state index contributed by atoms with van der Waals surface area (Å²) in [7, 11) is 0. The Bertz CT molecular complexity index is 509. The monoisotopic (exact) mass is 296 g/mol. The third-order valence-electron chi connectivity index (χ3n) is 3.76. The molecule has 2 N–H and O–H groups in total.